The summed E-state index contributed by atoms with van der Waals surface area (Å²) in [5.41, 5.74) is 7.92. The fourth-order valence-corrected chi connectivity index (χ4v) is 4.39. The molecule has 0 aliphatic carbocycles. The molecule has 198 valence electrons. The number of halogens is 1. The van der Waals surface area contributed by atoms with E-state index in [-0.39, 0.29) is 5.82 Å². The maximum Gasteiger partial charge on any atom is 0.123 e. The summed E-state index contributed by atoms with van der Waals surface area (Å²) in [6.45, 7) is 20.6. The molecule has 0 amide bonds. The molecule has 0 aliphatic rings. The number of H-pyrrole nitrogens is 2. The topological polar surface area (TPSA) is 56.5 Å². The number of nitrogens with zero attached hydrogens (tertiary/aromatic N) is 1. The van der Waals surface area contributed by atoms with E-state index in [1.807, 2.05) is 62.4 Å². The van der Waals surface area contributed by atoms with Crippen molar-refractivity contribution in [1.82, 2.24) is 20.5 Å². The van der Waals surface area contributed by atoms with Gasteiger partial charge in [-0.15, -0.1) is 0 Å². The van der Waals surface area contributed by atoms with E-state index < -0.39 is 0 Å². The predicted octanol–water partition coefficient (Wildman–Crippen LogP) is 7.28. The lowest BCUT2D eigenvalue weighted by molar-refractivity contribution is 0.628. The van der Waals surface area contributed by atoms with Crippen molar-refractivity contribution in [3.8, 4) is 22.5 Å². The summed E-state index contributed by atoms with van der Waals surface area (Å²) in [5, 5.41) is 14.0. The Labute approximate surface area is 229 Å². The smallest absolute Gasteiger partial charge is 0.123 e. The third kappa shape index (κ3) is 5.93. The van der Waals surface area contributed by atoms with Gasteiger partial charge in [0, 0.05) is 27.5 Å². The monoisotopic (exact) mass is 518 g/mol. The van der Waals surface area contributed by atoms with Crippen LogP contribution in [0.25, 0.3) is 45.6 Å². The SMILES string of the molecule is C=C/C(=C\C(=C/C)C(=C)/C=c1/c(-c2cc3c(-c4cccc(F)c4)cccc3[nH]2)n[nH]/c1=C/C)NC(=C)C(C)C. The van der Waals surface area contributed by atoms with Crippen molar-refractivity contribution < 1.29 is 4.39 Å². The second kappa shape index (κ2) is 11.8. The average molecular weight is 519 g/mol. The predicted molar refractivity (Wildman–Crippen MR) is 163 cm³/mol. The zero-order valence-electron chi connectivity index (χ0n) is 23.0. The molecule has 0 saturated carbocycles. The third-order valence-electron chi connectivity index (χ3n) is 6.71. The Balaban J connectivity index is 1.79. The lowest BCUT2D eigenvalue weighted by Gasteiger charge is -2.14. The van der Waals surface area contributed by atoms with E-state index >= 15 is 0 Å². The molecule has 0 saturated heterocycles. The number of hydrogen-bond acceptors (Lipinski definition) is 2. The van der Waals surface area contributed by atoms with Crippen LogP contribution in [0.5, 0.6) is 0 Å². The Kier molecular flexibility index (Phi) is 8.30. The summed E-state index contributed by atoms with van der Waals surface area (Å²) in [4.78, 5) is 3.51. The standard InChI is InChI=1S/C34H35FN4/c1-8-24(19-27(9-2)36-23(7)21(4)5)22(6)17-30-31(10-3)38-39-34(30)33-20-29-28(15-12-16-32(29)37-33)25-13-11-14-26(35)18-25/h8-21,36-38H,2,6-7H2,1,3-5H3/b24-8+,27-19+,30-17+,31-10+. The fourth-order valence-electron chi connectivity index (χ4n) is 4.39. The number of allylic oxidation sites excluding steroid dienone is 6. The summed E-state index contributed by atoms with van der Waals surface area (Å²) in [7, 11) is 0. The fraction of sp³-hybridized carbons (Fsp3) is 0.147. The summed E-state index contributed by atoms with van der Waals surface area (Å²) in [5.74, 6) is 0.0364. The largest absolute Gasteiger partial charge is 0.359 e. The molecular formula is C34H35FN4. The van der Waals surface area contributed by atoms with E-state index in [2.05, 4.69) is 60.1 Å². The van der Waals surface area contributed by atoms with Crippen molar-refractivity contribution in [2.24, 2.45) is 5.92 Å². The second-order valence-corrected chi connectivity index (χ2v) is 9.67. The normalized spacial score (nSPS) is 13.4. The number of benzene rings is 2. The molecule has 2 heterocycles. The van der Waals surface area contributed by atoms with Crippen molar-refractivity contribution >= 4 is 23.1 Å². The van der Waals surface area contributed by atoms with Crippen LogP contribution in [0.15, 0.2) is 109 Å². The van der Waals surface area contributed by atoms with Gasteiger partial charge in [-0.05, 0) is 84.5 Å². The molecule has 0 spiro atoms. The van der Waals surface area contributed by atoms with E-state index in [1.54, 1.807) is 18.2 Å². The number of aromatic amines is 2. The molecule has 0 atom stereocenters. The van der Waals surface area contributed by atoms with Gasteiger partial charge in [-0.2, -0.15) is 5.10 Å². The van der Waals surface area contributed by atoms with Crippen LogP contribution in [0, 0.1) is 11.7 Å². The van der Waals surface area contributed by atoms with E-state index in [4.69, 9.17) is 0 Å². The molecule has 4 aromatic rings. The zero-order chi connectivity index (χ0) is 28.1. The first-order valence-corrected chi connectivity index (χ1v) is 13.0. The van der Waals surface area contributed by atoms with Gasteiger partial charge in [0.15, 0.2) is 0 Å². The van der Waals surface area contributed by atoms with Gasteiger partial charge in [0.25, 0.3) is 0 Å². The van der Waals surface area contributed by atoms with E-state index in [0.717, 1.165) is 66.5 Å². The molecule has 0 unspecified atom stereocenters. The molecular weight excluding hydrogens is 483 g/mol. The first kappa shape index (κ1) is 27.4. The summed E-state index contributed by atoms with van der Waals surface area (Å²) >= 11 is 0. The van der Waals surface area contributed by atoms with Crippen LogP contribution in [0.4, 0.5) is 4.39 Å². The van der Waals surface area contributed by atoms with Crippen LogP contribution in [-0.2, 0) is 0 Å². The van der Waals surface area contributed by atoms with Crippen LogP contribution in [-0.4, -0.2) is 15.2 Å². The summed E-state index contributed by atoms with van der Waals surface area (Å²) < 4.78 is 14.0. The van der Waals surface area contributed by atoms with Crippen molar-refractivity contribution in [2.45, 2.75) is 27.7 Å². The number of rotatable bonds is 9. The van der Waals surface area contributed by atoms with Gasteiger partial charge in [-0.25, -0.2) is 4.39 Å². The Bertz CT molecular complexity index is 1740. The summed E-state index contributed by atoms with van der Waals surface area (Å²) in [6, 6.07) is 14.7. The molecule has 4 rings (SSSR count). The van der Waals surface area contributed by atoms with Crippen molar-refractivity contribution in [2.75, 3.05) is 0 Å². The van der Waals surface area contributed by atoms with Crippen molar-refractivity contribution in [3.05, 3.63) is 125 Å². The van der Waals surface area contributed by atoms with Gasteiger partial charge in [-0.3, -0.25) is 5.10 Å². The second-order valence-electron chi connectivity index (χ2n) is 9.67. The van der Waals surface area contributed by atoms with Crippen molar-refractivity contribution in [1.29, 1.82) is 0 Å². The molecule has 0 bridgehead atoms. The highest BCUT2D eigenvalue weighted by Crippen LogP contribution is 2.31. The first-order chi connectivity index (χ1) is 18.7. The van der Waals surface area contributed by atoms with Gasteiger partial charge in [-0.1, -0.05) is 70.0 Å². The molecule has 3 N–H and O–H groups in total. The number of hydrogen-bond donors (Lipinski definition) is 3. The third-order valence-corrected chi connectivity index (χ3v) is 6.71. The molecule has 2 aromatic carbocycles. The molecule has 0 aliphatic heterocycles. The van der Waals surface area contributed by atoms with Gasteiger partial charge in [0.05, 0.1) is 11.0 Å². The van der Waals surface area contributed by atoms with Crippen LogP contribution in [0.3, 0.4) is 0 Å². The molecule has 0 radical (unpaired) electrons. The van der Waals surface area contributed by atoms with E-state index in [0.29, 0.717) is 5.92 Å². The van der Waals surface area contributed by atoms with Crippen LogP contribution < -0.4 is 15.9 Å². The van der Waals surface area contributed by atoms with E-state index in [1.165, 1.54) is 6.07 Å². The van der Waals surface area contributed by atoms with E-state index in [9.17, 15) is 4.39 Å². The number of aromatic nitrogens is 3. The first-order valence-electron chi connectivity index (χ1n) is 13.0. The molecule has 4 nitrogen and oxygen atoms in total. The molecule has 5 heteroatoms. The number of nitrogens with one attached hydrogen (secondary N) is 3. The van der Waals surface area contributed by atoms with Crippen molar-refractivity contribution in [3.63, 3.8) is 0 Å². The Morgan fingerprint density at radius 2 is 1.85 bits per heavy atom. The number of fused-ring (bicyclic) bond motifs is 1. The average Bonchev–Trinajstić information content (AvgIpc) is 3.54. The Morgan fingerprint density at radius 1 is 1.08 bits per heavy atom. The maximum atomic E-state index is 14.0. The minimum atomic E-state index is -0.261. The highest BCUT2D eigenvalue weighted by Gasteiger charge is 2.13. The molecule has 39 heavy (non-hydrogen) atoms. The van der Waals surface area contributed by atoms with Crippen LogP contribution in [0.1, 0.15) is 27.7 Å². The zero-order valence-corrected chi connectivity index (χ0v) is 23.0. The Hall–Kier alpha value is -4.64. The Morgan fingerprint density at radius 3 is 2.51 bits per heavy atom. The highest BCUT2D eigenvalue weighted by atomic mass is 19.1. The quantitative estimate of drug-likeness (QED) is 0.204. The lowest BCUT2D eigenvalue weighted by Crippen LogP contribution is -2.23. The molecule has 0 fully saturated rings. The van der Waals surface area contributed by atoms with Crippen LogP contribution >= 0.6 is 0 Å². The van der Waals surface area contributed by atoms with Gasteiger partial charge >= 0.3 is 0 Å². The van der Waals surface area contributed by atoms with Crippen LogP contribution in [0.2, 0.25) is 0 Å². The highest BCUT2D eigenvalue weighted by molar-refractivity contribution is 5.98. The molecule has 2 aromatic heterocycles. The van der Waals surface area contributed by atoms with Gasteiger partial charge in [0.1, 0.15) is 11.5 Å². The maximum absolute atomic E-state index is 14.0. The minimum absolute atomic E-state index is 0.261. The minimum Gasteiger partial charge on any atom is -0.359 e. The van der Waals surface area contributed by atoms with Gasteiger partial charge < -0.3 is 10.3 Å². The summed E-state index contributed by atoms with van der Waals surface area (Å²) in [6.07, 6.45) is 9.84. The van der Waals surface area contributed by atoms with Gasteiger partial charge in [0.2, 0.25) is 0 Å². The lowest BCUT2D eigenvalue weighted by atomic mass is 10.0.